The molecule has 0 unspecified atom stereocenters. The number of aromatic nitrogens is 5. The van der Waals surface area contributed by atoms with Crippen LogP contribution in [0, 0.1) is 6.92 Å². The highest BCUT2D eigenvalue weighted by atomic mass is 32.1. The lowest BCUT2D eigenvalue weighted by Crippen LogP contribution is -2.23. The molecule has 0 aliphatic rings. The first kappa shape index (κ1) is 17.0. The van der Waals surface area contributed by atoms with E-state index in [0.29, 0.717) is 17.9 Å². The molecular formula is C19H16N6OS. The number of nitrogens with zero attached hydrogens (tertiary/aromatic N) is 5. The SMILES string of the molecule is Cc1c(C(=O)NCc2csc(-c3ccncc3)n2)cnn1-c1ccccn1. The number of hydrogen-bond acceptors (Lipinski definition) is 6. The van der Waals surface area contributed by atoms with Crippen molar-refractivity contribution < 1.29 is 4.79 Å². The Hall–Kier alpha value is -3.39. The van der Waals surface area contributed by atoms with E-state index < -0.39 is 0 Å². The quantitative estimate of drug-likeness (QED) is 0.579. The van der Waals surface area contributed by atoms with Crippen LogP contribution >= 0.6 is 11.3 Å². The summed E-state index contributed by atoms with van der Waals surface area (Å²) in [7, 11) is 0. The highest BCUT2D eigenvalue weighted by Gasteiger charge is 2.16. The fourth-order valence-electron chi connectivity index (χ4n) is 2.62. The lowest BCUT2D eigenvalue weighted by Gasteiger charge is -2.05. The van der Waals surface area contributed by atoms with Gasteiger partial charge in [-0.15, -0.1) is 11.3 Å². The molecule has 27 heavy (non-hydrogen) atoms. The predicted molar refractivity (Wildman–Crippen MR) is 103 cm³/mol. The van der Waals surface area contributed by atoms with Crippen molar-refractivity contribution in [2.45, 2.75) is 13.5 Å². The molecule has 1 amide bonds. The summed E-state index contributed by atoms with van der Waals surface area (Å²) < 4.78 is 1.65. The summed E-state index contributed by atoms with van der Waals surface area (Å²) in [5, 5.41) is 10.0. The first-order chi connectivity index (χ1) is 13.2. The van der Waals surface area contributed by atoms with Crippen molar-refractivity contribution in [3.05, 3.63) is 77.5 Å². The second kappa shape index (κ2) is 7.46. The van der Waals surface area contributed by atoms with Crippen LogP contribution in [0.4, 0.5) is 0 Å². The van der Waals surface area contributed by atoms with Gasteiger partial charge in [0.25, 0.3) is 5.91 Å². The number of carbonyl (C=O) groups excluding carboxylic acids is 1. The zero-order chi connectivity index (χ0) is 18.6. The topological polar surface area (TPSA) is 85.6 Å². The van der Waals surface area contributed by atoms with Crippen molar-refractivity contribution in [2.75, 3.05) is 0 Å². The van der Waals surface area contributed by atoms with E-state index in [4.69, 9.17) is 0 Å². The first-order valence-electron chi connectivity index (χ1n) is 8.31. The highest BCUT2D eigenvalue weighted by molar-refractivity contribution is 7.13. The maximum atomic E-state index is 12.5. The van der Waals surface area contributed by atoms with Crippen LogP contribution in [0.3, 0.4) is 0 Å². The molecule has 4 aromatic rings. The Morgan fingerprint density at radius 2 is 2.04 bits per heavy atom. The second-order valence-corrected chi connectivity index (χ2v) is 6.66. The largest absolute Gasteiger partial charge is 0.346 e. The van der Waals surface area contributed by atoms with Gasteiger partial charge in [0.05, 0.1) is 29.7 Å². The Bertz CT molecular complexity index is 1060. The molecule has 4 heterocycles. The molecule has 0 aliphatic heterocycles. The molecule has 0 spiro atoms. The van der Waals surface area contributed by atoms with Crippen LogP contribution in [0.25, 0.3) is 16.4 Å². The normalized spacial score (nSPS) is 10.7. The number of carbonyl (C=O) groups is 1. The standard InChI is InChI=1S/C19H16N6OS/c1-13-16(11-23-25(13)17-4-2-3-7-21-17)18(26)22-10-15-12-27-19(24-15)14-5-8-20-9-6-14/h2-9,11-12H,10H2,1H3,(H,22,26). The zero-order valence-electron chi connectivity index (χ0n) is 14.5. The van der Waals surface area contributed by atoms with Crippen LogP contribution in [0.1, 0.15) is 21.7 Å². The summed E-state index contributed by atoms with van der Waals surface area (Å²) in [4.78, 5) is 25.4. The number of thiazole rings is 1. The molecule has 4 rings (SSSR count). The van der Waals surface area contributed by atoms with Gasteiger partial charge in [0.1, 0.15) is 5.01 Å². The minimum absolute atomic E-state index is 0.187. The molecule has 0 aromatic carbocycles. The van der Waals surface area contributed by atoms with Crippen LogP contribution in [-0.4, -0.2) is 30.6 Å². The van der Waals surface area contributed by atoms with Crippen LogP contribution in [-0.2, 0) is 6.54 Å². The van der Waals surface area contributed by atoms with Gasteiger partial charge in [0.15, 0.2) is 5.82 Å². The average molecular weight is 376 g/mol. The Morgan fingerprint density at radius 3 is 2.81 bits per heavy atom. The molecule has 4 aromatic heterocycles. The molecule has 0 saturated carbocycles. The van der Waals surface area contributed by atoms with E-state index in [1.807, 2.05) is 42.6 Å². The van der Waals surface area contributed by atoms with Gasteiger partial charge < -0.3 is 5.32 Å². The van der Waals surface area contributed by atoms with Crippen LogP contribution < -0.4 is 5.32 Å². The molecule has 1 N–H and O–H groups in total. The molecule has 134 valence electrons. The van der Waals surface area contributed by atoms with Gasteiger partial charge in [0.2, 0.25) is 0 Å². The van der Waals surface area contributed by atoms with E-state index in [9.17, 15) is 4.79 Å². The predicted octanol–water partition coefficient (Wildman–Crippen LogP) is 3.02. The first-order valence-corrected chi connectivity index (χ1v) is 9.19. The van der Waals surface area contributed by atoms with Gasteiger partial charge in [-0.05, 0) is 31.2 Å². The minimum Gasteiger partial charge on any atom is -0.346 e. The van der Waals surface area contributed by atoms with Crippen molar-refractivity contribution in [1.82, 2.24) is 30.0 Å². The van der Waals surface area contributed by atoms with E-state index >= 15 is 0 Å². The van der Waals surface area contributed by atoms with Gasteiger partial charge >= 0.3 is 0 Å². The lowest BCUT2D eigenvalue weighted by molar-refractivity contribution is 0.0950. The van der Waals surface area contributed by atoms with Gasteiger partial charge in [-0.3, -0.25) is 9.78 Å². The molecule has 0 bridgehead atoms. The molecule has 7 nitrogen and oxygen atoms in total. The van der Waals surface area contributed by atoms with E-state index in [2.05, 4.69) is 25.4 Å². The summed E-state index contributed by atoms with van der Waals surface area (Å²) >= 11 is 1.54. The highest BCUT2D eigenvalue weighted by Crippen LogP contribution is 2.22. The van der Waals surface area contributed by atoms with Crippen LogP contribution in [0.2, 0.25) is 0 Å². The van der Waals surface area contributed by atoms with Gasteiger partial charge in [-0.25, -0.2) is 14.6 Å². The summed E-state index contributed by atoms with van der Waals surface area (Å²) in [5.41, 5.74) is 3.09. The zero-order valence-corrected chi connectivity index (χ0v) is 15.3. The van der Waals surface area contributed by atoms with Crippen molar-refractivity contribution in [3.63, 3.8) is 0 Å². The van der Waals surface area contributed by atoms with Crippen molar-refractivity contribution >= 4 is 17.2 Å². The monoisotopic (exact) mass is 376 g/mol. The molecule has 0 radical (unpaired) electrons. The van der Waals surface area contributed by atoms with E-state index in [-0.39, 0.29) is 5.91 Å². The summed E-state index contributed by atoms with van der Waals surface area (Å²) in [5.74, 6) is 0.490. The fourth-order valence-corrected chi connectivity index (χ4v) is 3.45. The second-order valence-electron chi connectivity index (χ2n) is 5.81. The summed E-state index contributed by atoms with van der Waals surface area (Å²) in [6, 6.07) is 9.39. The van der Waals surface area contributed by atoms with Gasteiger partial charge in [-0.2, -0.15) is 5.10 Å². The number of rotatable bonds is 5. The van der Waals surface area contributed by atoms with E-state index in [0.717, 1.165) is 22.0 Å². The Labute approximate surface area is 159 Å². The third-order valence-electron chi connectivity index (χ3n) is 4.03. The van der Waals surface area contributed by atoms with Crippen LogP contribution in [0.15, 0.2) is 60.5 Å². The average Bonchev–Trinajstić information content (AvgIpc) is 3.34. The Morgan fingerprint density at radius 1 is 1.19 bits per heavy atom. The molecule has 8 heteroatoms. The van der Waals surface area contributed by atoms with Crippen molar-refractivity contribution in [3.8, 4) is 16.4 Å². The maximum absolute atomic E-state index is 12.5. The Balaban J connectivity index is 1.45. The van der Waals surface area contributed by atoms with Crippen molar-refractivity contribution in [2.24, 2.45) is 0 Å². The number of hydrogen-bond donors (Lipinski definition) is 1. The molecule has 0 fully saturated rings. The van der Waals surface area contributed by atoms with Gasteiger partial charge in [0, 0.05) is 29.5 Å². The lowest BCUT2D eigenvalue weighted by atomic mass is 10.2. The number of amides is 1. The van der Waals surface area contributed by atoms with Crippen molar-refractivity contribution in [1.29, 1.82) is 0 Å². The van der Waals surface area contributed by atoms with Gasteiger partial charge in [-0.1, -0.05) is 6.07 Å². The third kappa shape index (κ3) is 3.61. The maximum Gasteiger partial charge on any atom is 0.255 e. The smallest absolute Gasteiger partial charge is 0.255 e. The number of nitrogens with one attached hydrogen (secondary N) is 1. The molecule has 0 saturated heterocycles. The van der Waals surface area contributed by atoms with E-state index in [1.165, 1.54) is 11.3 Å². The minimum atomic E-state index is -0.187. The fraction of sp³-hybridized carbons (Fsp3) is 0.105. The summed E-state index contributed by atoms with van der Waals surface area (Å²) in [6.07, 6.45) is 6.72. The number of pyridine rings is 2. The molecule has 0 atom stereocenters. The molecule has 0 aliphatic carbocycles. The van der Waals surface area contributed by atoms with E-state index in [1.54, 1.807) is 29.5 Å². The molecular weight excluding hydrogens is 360 g/mol. The van der Waals surface area contributed by atoms with Crippen LogP contribution in [0.5, 0.6) is 0 Å². The summed E-state index contributed by atoms with van der Waals surface area (Å²) in [6.45, 7) is 2.20. The third-order valence-corrected chi connectivity index (χ3v) is 4.97. The Kier molecular flexibility index (Phi) is 4.71.